The highest BCUT2D eigenvalue weighted by Crippen LogP contribution is 2.20. The number of benzene rings is 2. The van der Waals surface area contributed by atoms with Crippen LogP contribution in [-0.4, -0.2) is 38.0 Å². The van der Waals surface area contributed by atoms with Crippen LogP contribution in [0.1, 0.15) is 42.2 Å². The van der Waals surface area contributed by atoms with E-state index in [-0.39, 0.29) is 12.6 Å². The Morgan fingerprint density at radius 2 is 1.73 bits per heavy atom. The van der Waals surface area contributed by atoms with E-state index in [1.807, 2.05) is 30.3 Å². The standard InChI is InChI=1S/C23H28N2O5/c1-16(2)12-20(17-8-5-4-6-9-17)25-21(26)15-30-22(27)14-24-23(28)18-10-7-11-19(13-18)29-3/h4-11,13,16,20H,12,14-15H2,1-3H3,(H,24,28)(H,25,26)/t20-/m1/s1. The third-order valence-electron chi connectivity index (χ3n) is 4.33. The molecule has 0 unspecified atom stereocenters. The SMILES string of the molecule is COc1cccc(C(=O)NCC(=O)OCC(=O)N[C@H](CC(C)C)c2ccccc2)c1. The van der Waals surface area contributed by atoms with E-state index in [9.17, 15) is 14.4 Å². The van der Waals surface area contributed by atoms with Crippen LogP contribution in [0.4, 0.5) is 0 Å². The van der Waals surface area contributed by atoms with Gasteiger partial charge in [-0.1, -0.05) is 50.2 Å². The molecule has 0 spiro atoms. The van der Waals surface area contributed by atoms with Gasteiger partial charge in [-0.05, 0) is 36.1 Å². The summed E-state index contributed by atoms with van der Waals surface area (Å²) < 4.78 is 10.1. The summed E-state index contributed by atoms with van der Waals surface area (Å²) >= 11 is 0. The number of nitrogens with one attached hydrogen (secondary N) is 2. The number of amides is 2. The molecule has 0 bridgehead atoms. The van der Waals surface area contributed by atoms with Gasteiger partial charge in [0.2, 0.25) is 0 Å². The van der Waals surface area contributed by atoms with Crippen LogP contribution in [0.2, 0.25) is 0 Å². The van der Waals surface area contributed by atoms with Gasteiger partial charge in [0.1, 0.15) is 12.3 Å². The largest absolute Gasteiger partial charge is 0.497 e. The molecule has 0 radical (unpaired) electrons. The number of methoxy groups -OCH3 is 1. The van der Waals surface area contributed by atoms with Crippen molar-refractivity contribution in [2.24, 2.45) is 5.92 Å². The van der Waals surface area contributed by atoms with Crippen LogP contribution < -0.4 is 15.4 Å². The predicted molar refractivity (Wildman–Crippen MR) is 113 cm³/mol. The number of ether oxygens (including phenoxy) is 2. The predicted octanol–water partition coefficient (Wildman–Crippen LogP) is 2.87. The van der Waals surface area contributed by atoms with Crippen molar-refractivity contribution in [3.8, 4) is 5.75 Å². The maximum atomic E-state index is 12.3. The van der Waals surface area contributed by atoms with Crippen molar-refractivity contribution >= 4 is 17.8 Å². The Kier molecular flexibility index (Phi) is 8.87. The van der Waals surface area contributed by atoms with E-state index in [0.29, 0.717) is 17.2 Å². The van der Waals surface area contributed by atoms with Crippen molar-refractivity contribution in [3.05, 3.63) is 65.7 Å². The van der Waals surface area contributed by atoms with Crippen LogP contribution in [-0.2, 0) is 14.3 Å². The summed E-state index contributed by atoms with van der Waals surface area (Å²) in [5, 5.41) is 5.37. The van der Waals surface area contributed by atoms with E-state index in [4.69, 9.17) is 9.47 Å². The Morgan fingerprint density at radius 3 is 2.40 bits per heavy atom. The van der Waals surface area contributed by atoms with Gasteiger partial charge in [-0.25, -0.2) is 0 Å². The molecule has 0 aliphatic rings. The van der Waals surface area contributed by atoms with Crippen molar-refractivity contribution in [3.63, 3.8) is 0 Å². The van der Waals surface area contributed by atoms with Gasteiger partial charge in [-0.15, -0.1) is 0 Å². The molecule has 0 heterocycles. The monoisotopic (exact) mass is 412 g/mol. The highest BCUT2D eigenvalue weighted by molar-refractivity contribution is 5.96. The summed E-state index contributed by atoms with van der Waals surface area (Å²) in [7, 11) is 1.50. The number of carbonyl (C=O) groups is 3. The van der Waals surface area contributed by atoms with Crippen LogP contribution in [0.25, 0.3) is 0 Å². The summed E-state index contributed by atoms with van der Waals surface area (Å²) in [6, 6.07) is 16.1. The maximum absolute atomic E-state index is 12.3. The molecule has 160 valence electrons. The molecule has 0 fully saturated rings. The average molecular weight is 412 g/mol. The second-order valence-corrected chi connectivity index (χ2v) is 7.24. The molecular weight excluding hydrogens is 384 g/mol. The lowest BCUT2D eigenvalue weighted by Crippen LogP contribution is -2.35. The van der Waals surface area contributed by atoms with Crippen LogP contribution >= 0.6 is 0 Å². The molecule has 7 heteroatoms. The van der Waals surface area contributed by atoms with Gasteiger partial charge in [-0.2, -0.15) is 0 Å². The van der Waals surface area contributed by atoms with E-state index >= 15 is 0 Å². The molecule has 0 aliphatic carbocycles. The van der Waals surface area contributed by atoms with E-state index in [1.54, 1.807) is 24.3 Å². The molecule has 2 aromatic rings. The molecule has 2 amide bonds. The summed E-state index contributed by atoms with van der Waals surface area (Å²) in [6.45, 7) is 3.41. The Hall–Kier alpha value is -3.35. The summed E-state index contributed by atoms with van der Waals surface area (Å²) in [5.41, 5.74) is 1.36. The topological polar surface area (TPSA) is 93.7 Å². The van der Waals surface area contributed by atoms with Crippen molar-refractivity contribution in [2.45, 2.75) is 26.3 Å². The molecule has 1 atom stereocenters. The van der Waals surface area contributed by atoms with Crippen molar-refractivity contribution in [1.82, 2.24) is 10.6 Å². The van der Waals surface area contributed by atoms with Gasteiger partial charge < -0.3 is 20.1 Å². The number of hydrogen-bond donors (Lipinski definition) is 2. The van der Waals surface area contributed by atoms with Gasteiger partial charge >= 0.3 is 5.97 Å². The number of carbonyl (C=O) groups excluding carboxylic acids is 3. The second-order valence-electron chi connectivity index (χ2n) is 7.24. The molecular formula is C23H28N2O5. The Labute approximate surface area is 176 Å². The van der Waals surface area contributed by atoms with Gasteiger partial charge in [0.15, 0.2) is 6.61 Å². The molecule has 2 aromatic carbocycles. The Bertz CT molecular complexity index is 852. The number of esters is 1. The first-order valence-corrected chi connectivity index (χ1v) is 9.81. The quantitative estimate of drug-likeness (QED) is 0.585. The smallest absolute Gasteiger partial charge is 0.325 e. The Morgan fingerprint density at radius 1 is 1.00 bits per heavy atom. The molecule has 0 aromatic heterocycles. The number of rotatable bonds is 10. The minimum atomic E-state index is -0.693. The van der Waals surface area contributed by atoms with Crippen LogP contribution in [0.5, 0.6) is 5.75 Å². The lowest BCUT2D eigenvalue weighted by atomic mass is 9.97. The molecule has 0 saturated heterocycles. The molecule has 30 heavy (non-hydrogen) atoms. The van der Waals surface area contributed by atoms with E-state index in [2.05, 4.69) is 24.5 Å². The fraction of sp³-hybridized carbons (Fsp3) is 0.348. The third kappa shape index (κ3) is 7.58. The number of hydrogen-bond acceptors (Lipinski definition) is 5. The molecule has 2 N–H and O–H groups in total. The van der Waals surface area contributed by atoms with Crippen molar-refractivity contribution in [2.75, 3.05) is 20.3 Å². The minimum Gasteiger partial charge on any atom is -0.497 e. The zero-order chi connectivity index (χ0) is 21.9. The molecule has 2 rings (SSSR count). The molecule has 0 saturated carbocycles. The van der Waals surface area contributed by atoms with Gasteiger partial charge in [-0.3, -0.25) is 14.4 Å². The van der Waals surface area contributed by atoms with E-state index in [1.165, 1.54) is 7.11 Å². The highest BCUT2D eigenvalue weighted by Gasteiger charge is 2.17. The zero-order valence-corrected chi connectivity index (χ0v) is 17.5. The van der Waals surface area contributed by atoms with Crippen LogP contribution in [0, 0.1) is 5.92 Å². The lowest BCUT2D eigenvalue weighted by Gasteiger charge is -2.21. The molecule has 0 aliphatic heterocycles. The molecule has 7 nitrogen and oxygen atoms in total. The fourth-order valence-corrected chi connectivity index (χ4v) is 2.89. The van der Waals surface area contributed by atoms with Gasteiger partial charge in [0.05, 0.1) is 13.2 Å². The van der Waals surface area contributed by atoms with E-state index in [0.717, 1.165) is 12.0 Å². The highest BCUT2D eigenvalue weighted by atomic mass is 16.5. The first-order chi connectivity index (χ1) is 14.4. The Balaban J connectivity index is 1.80. The summed E-state index contributed by atoms with van der Waals surface area (Å²) in [6.07, 6.45) is 0.764. The first kappa shape index (κ1) is 22.9. The minimum absolute atomic E-state index is 0.162. The van der Waals surface area contributed by atoms with Crippen molar-refractivity contribution < 1.29 is 23.9 Å². The van der Waals surface area contributed by atoms with E-state index < -0.39 is 24.4 Å². The normalized spacial score (nSPS) is 11.5. The third-order valence-corrected chi connectivity index (χ3v) is 4.33. The maximum Gasteiger partial charge on any atom is 0.325 e. The van der Waals surface area contributed by atoms with Gasteiger partial charge in [0, 0.05) is 5.56 Å². The van der Waals surface area contributed by atoms with Crippen LogP contribution in [0.3, 0.4) is 0 Å². The van der Waals surface area contributed by atoms with Crippen LogP contribution in [0.15, 0.2) is 54.6 Å². The first-order valence-electron chi connectivity index (χ1n) is 9.81. The van der Waals surface area contributed by atoms with Gasteiger partial charge in [0.25, 0.3) is 11.8 Å². The fourth-order valence-electron chi connectivity index (χ4n) is 2.89. The zero-order valence-electron chi connectivity index (χ0n) is 17.5. The second kappa shape index (κ2) is 11.6. The summed E-state index contributed by atoms with van der Waals surface area (Å²) in [5.74, 6) is -0.601. The summed E-state index contributed by atoms with van der Waals surface area (Å²) in [4.78, 5) is 36.3. The lowest BCUT2D eigenvalue weighted by molar-refractivity contribution is -0.147. The van der Waals surface area contributed by atoms with Crippen molar-refractivity contribution in [1.29, 1.82) is 0 Å². The average Bonchev–Trinajstić information content (AvgIpc) is 2.75.